The van der Waals surface area contributed by atoms with Gasteiger partial charge < -0.3 is 8.85 Å². The summed E-state index contributed by atoms with van der Waals surface area (Å²) >= 11 is 11.7. The monoisotopic (exact) mass is 370 g/mol. The minimum Gasteiger partial charge on any atom is -0.462 e. The van der Waals surface area contributed by atoms with Gasteiger partial charge in [-0.3, -0.25) is 19.6 Å². The molecule has 2 rings (SSSR count). The summed E-state index contributed by atoms with van der Waals surface area (Å²) in [5.41, 5.74) is 0.992. The smallest absolute Gasteiger partial charge is 0.462 e. The maximum atomic E-state index is 11.8. The zero-order chi connectivity index (χ0) is 16.7. The summed E-state index contributed by atoms with van der Waals surface area (Å²) in [6, 6.07) is 10.2. The van der Waals surface area contributed by atoms with Gasteiger partial charge in [-0.25, -0.2) is 0 Å². The Balaban J connectivity index is 1.85. The van der Waals surface area contributed by atoms with Crippen LogP contribution in [0.2, 0.25) is 0 Å². The van der Waals surface area contributed by atoms with Crippen molar-refractivity contribution in [2.45, 2.75) is 12.8 Å². The quantitative estimate of drug-likeness (QED) is 0.573. The molecule has 0 saturated carbocycles. The number of aromatic nitrogens is 2. The fourth-order valence-corrected chi connectivity index (χ4v) is 3.41. The van der Waals surface area contributed by atoms with E-state index in [-0.39, 0.29) is 12.8 Å². The van der Waals surface area contributed by atoms with E-state index in [1.165, 1.54) is 0 Å². The molecule has 0 atom stereocenters. The van der Waals surface area contributed by atoms with Crippen LogP contribution in [0.4, 0.5) is 0 Å². The van der Waals surface area contributed by atoms with Gasteiger partial charge in [-0.1, -0.05) is 34.3 Å². The summed E-state index contributed by atoms with van der Waals surface area (Å²) in [6.07, 6.45) is 2.85. The van der Waals surface area contributed by atoms with Gasteiger partial charge in [0.1, 0.15) is 0 Å². The number of hydrogen-bond donors (Lipinski definition) is 0. The Labute approximate surface area is 143 Å². The van der Waals surface area contributed by atoms with Gasteiger partial charge in [-0.15, -0.1) is 0 Å². The Bertz CT molecular complexity index is 613. The maximum absolute atomic E-state index is 11.8. The number of carbonyl (C=O) groups is 2. The normalized spacial score (nSPS) is 10.9. The summed E-state index contributed by atoms with van der Waals surface area (Å²) in [6.45, 7) is 0. The van der Waals surface area contributed by atoms with Crippen molar-refractivity contribution in [2.24, 2.45) is 0 Å². The van der Waals surface area contributed by atoms with E-state index >= 15 is 0 Å². The topological polar surface area (TPSA) is 78.4 Å². The number of carbonyl (C=O) groups excluding carboxylic acids is 2. The first-order valence-corrected chi connectivity index (χ1v) is 10.4. The van der Waals surface area contributed by atoms with Crippen molar-refractivity contribution in [3.63, 3.8) is 0 Å². The molecule has 2 aromatic rings. The summed E-state index contributed by atoms with van der Waals surface area (Å²) in [4.78, 5) is 31.5. The second kappa shape index (κ2) is 8.05. The van der Waals surface area contributed by atoms with E-state index in [1.807, 2.05) is 0 Å². The largest absolute Gasteiger partial charge is 0.685 e. The predicted octanol–water partition coefficient (Wildman–Crippen LogP) is 2.26. The molecule has 0 aliphatic rings. The van der Waals surface area contributed by atoms with E-state index in [2.05, 4.69) is 9.97 Å². The number of halogens is 2. The molecule has 0 aliphatic heterocycles. The molecule has 120 valence electrons. The van der Waals surface area contributed by atoms with E-state index < -0.39 is 19.1 Å². The minimum absolute atomic E-state index is 0.118. The van der Waals surface area contributed by atoms with Crippen LogP contribution in [0.15, 0.2) is 48.8 Å². The first kappa shape index (κ1) is 17.4. The lowest BCUT2D eigenvalue weighted by Crippen LogP contribution is -2.36. The number of pyridine rings is 2. The van der Waals surface area contributed by atoms with Crippen molar-refractivity contribution in [1.29, 1.82) is 0 Å². The van der Waals surface area contributed by atoms with Crippen LogP contribution in [-0.4, -0.2) is 29.1 Å². The van der Waals surface area contributed by atoms with Crippen molar-refractivity contribution >= 4 is 41.3 Å². The second-order valence-electron chi connectivity index (χ2n) is 4.41. The Hall–Kier alpha value is -1.96. The molecule has 0 bridgehead atoms. The molecule has 2 aromatic heterocycles. The van der Waals surface area contributed by atoms with Crippen LogP contribution in [-0.2, 0) is 31.3 Å². The molecule has 23 heavy (non-hydrogen) atoms. The SMILES string of the molecule is O=C(Cc1ccccn1)O[Si](Cl)(Cl)OC(=O)Cc1ccccn1. The molecule has 0 saturated heterocycles. The molecule has 0 spiro atoms. The van der Waals surface area contributed by atoms with Gasteiger partial charge in [-0.2, -0.15) is 0 Å². The van der Waals surface area contributed by atoms with Crippen LogP contribution >= 0.6 is 22.2 Å². The van der Waals surface area contributed by atoms with Crippen LogP contribution in [0.3, 0.4) is 0 Å². The van der Waals surface area contributed by atoms with Gasteiger partial charge >= 0.3 is 19.1 Å². The first-order valence-electron chi connectivity index (χ1n) is 6.56. The summed E-state index contributed by atoms with van der Waals surface area (Å²) in [5, 5.41) is 0. The lowest BCUT2D eigenvalue weighted by atomic mass is 10.3. The lowest BCUT2D eigenvalue weighted by Gasteiger charge is -2.16. The Morgan fingerprint density at radius 3 is 1.65 bits per heavy atom. The molecule has 0 radical (unpaired) electrons. The van der Waals surface area contributed by atoms with Crippen molar-refractivity contribution in [1.82, 2.24) is 9.97 Å². The first-order chi connectivity index (χ1) is 10.9. The molecule has 0 fully saturated rings. The fraction of sp³-hybridized carbons (Fsp3) is 0.143. The third kappa shape index (κ3) is 6.35. The molecule has 0 aliphatic carbocycles. The van der Waals surface area contributed by atoms with Gasteiger partial charge in [0.2, 0.25) is 0 Å². The molecule has 0 amide bonds. The predicted molar refractivity (Wildman–Crippen MR) is 85.5 cm³/mol. The third-order valence-corrected chi connectivity index (χ3v) is 4.42. The highest BCUT2D eigenvalue weighted by molar-refractivity contribution is 7.40. The molecule has 9 heteroatoms. The Kier molecular flexibility index (Phi) is 6.09. The van der Waals surface area contributed by atoms with Crippen molar-refractivity contribution in [3.8, 4) is 0 Å². The van der Waals surface area contributed by atoms with Crippen LogP contribution < -0.4 is 0 Å². The molecule has 0 N–H and O–H groups in total. The third-order valence-electron chi connectivity index (χ3n) is 2.57. The summed E-state index contributed by atoms with van der Waals surface area (Å²) < 4.78 is 9.76. The highest BCUT2D eigenvalue weighted by Gasteiger charge is 2.43. The highest BCUT2D eigenvalue weighted by atomic mass is 35.7. The fourth-order valence-electron chi connectivity index (χ4n) is 1.66. The number of rotatable bonds is 6. The van der Waals surface area contributed by atoms with Crippen LogP contribution in [0.5, 0.6) is 0 Å². The van der Waals surface area contributed by atoms with Gasteiger partial charge in [-0.05, 0) is 24.3 Å². The summed E-state index contributed by atoms with van der Waals surface area (Å²) in [5.74, 6) is -1.43. The van der Waals surface area contributed by atoms with Gasteiger partial charge in [0, 0.05) is 12.4 Å². The highest BCUT2D eigenvalue weighted by Crippen LogP contribution is 2.20. The number of nitrogens with zero attached hydrogens (tertiary/aromatic N) is 2. The average molecular weight is 371 g/mol. The molecule has 6 nitrogen and oxygen atoms in total. The molecule has 0 aromatic carbocycles. The van der Waals surface area contributed by atoms with Crippen LogP contribution in [0.1, 0.15) is 11.4 Å². The number of hydrogen-bond acceptors (Lipinski definition) is 6. The summed E-state index contributed by atoms with van der Waals surface area (Å²) in [7, 11) is -3.95. The van der Waals surface area contributed by atoms with Crippen molar-refractivity contribution in [2.75, 3.05) is 0 Å². The van der Waals surface area contributed by atoms with Gasteiger partial charge in [0.25, 0.3) is 0 Å². The van der Waals surface area contributed by atoms with Crippen LogP contribution in [0.25, 0.3) is 0 Å². The molecule has 0 unspecified atom stereocenters. The van der Waals surface area contributed by atoms with E-state index in [0.29, 0.717) is 11.4 Å². The Morgan fingerprint density at radius 1 is 0.870 bits per heavy atom. The van der Waals surface area contributed by atoms with Crippen molar-refractivity contribution < 1.29 is 18.4 Å². The maximum Gasteiger partial charge on any atom is 0.685 e. The zero-order valence-electron chi connectivity index (χ0n) is 11.8. The molecule has 2 heterocycles. The molecular formula is C14H12Cl2N2O4Si. The average Bonchev–Trinajstić information content (AvgIpc) is 2.47. The lowest BCUT2D eigenvalue weighted by molar-refractivity contribution is -0.139. The minimum atomic E-state index is -3.95. The zero-order valence-corrected chi connectivity index (χ0v) is 14.3. The Morgan fingerprint density at radius 2 is 1.30 bits per heavy atom. The van der Waals surface area contributed by atoms with Gasteiger partial charge in [0.15, 0.2) is 0 Å². The van der Waals surface area contributed by atoms with Gasteiger partial charge in [0.05, 0.1) is 24.2 Å². The van der Waals surface area contributed by atoms with E-state index in [9.17, 15) is 9.59 Å². The molecular weight excluding hydrogens is 359 g/mol. The second-order valence-corrected chi connectivity index (χ2v) is 9.31. The van der Waals surface area contributed by atoms with Crippen LogP contribution in [0, 0.1) is 0 Å². The standard InChI is InChI=1S/C14H12Cl2N2O4Si/c15-23(16,21-13(19)9-11-5-1-3-7-17-11)22-14(20)10-12-6-2-4-8-18-12/h1-8H,9-10H2. The van der Waals surface area contributed by atoms with Crippen molar-refractivity contribution in [3.05, 3.63) is 60.2 Å². The van der Waals surface area contributed by atoms with E-state index in [1.54, 1.807) is 48.8 Å². The van der Waals surface area contributed by atoms with E-state index in [0.717, 1.165) is 0 Å². The van der Waals surface area contributed by atoms with E-state index in [4.69, 9.17) is 31.0 Å².